The molecule has 38 heavy (non-hydrogen) atoms. The number of methoxy groups -OCH3 is 1. The van der Waals surface area contributed by atoms with Gasteiger partial charge < -0.3 is 29.6 Å². The molecule has 9 nitrogen and oxygen atoms in total. The molecule has 0 spiro atoms. The average molecular weight is 513 g/mol. The molecule has 1 aliphatic rings. The van der Waals surface area contributed by atoms with Gasteiger partial charge in [0, 0.05) is 29.6 Å². The van der Waals surface area contributed by atoms with Gasteiger partial charge in [-0.05, 0) is 47.5 Å². The van der Waals surface area contributed by atoms with Crippen molar-refractivity contribution in [1.29, 1.82) is 0 Å². The molecule has 192 valence electrons. The van der Waals surface area contributed by atoms with E-state index in [1.807, 2.05) is 36.4 Å². The van der Waals surface area contributed by atoms with E-state index in [0.717, 1.165) is 22.0 Å². The smallest absolute Gasteiger partial charge is 0.326 e. The first kappa shape index (κ1) is 24.6. The summed E-state index contributed by atoms with van der Waals surface area (Å²) in [5, 5.41) is 13.1. The molecule has 4 aromatic rings. The number of H-pyrrole nitrogens is 1. The number of fused-ring (bicyclic) bond motifs is 2. The predicted octanol–water partition coefficient (Wildman–Crippen LogP) is 3.98. The molecule has 0 aliphatic carbocycles. The third-order valence-electron chi connectivity index (χ3n) is 6.16. The van der Waals surface area contributed by atoms with Crippen LogP contribution in [-0.4, -0.2) is 47.5 Å². The number of allylic oxidation sites excluding steroid dienone is 1. The Balaban J connectivity index is 1.20. The fourth-order valence-corrected chi connectivity index (χ4v) is 4.21. The Morgan fingerprint density at radius 1 is 1.08 bits per heavy atom. The van der Waals surface area contributed by atoms with Gasteiger partial charge in [0.25, 0.3) is 5.91 Å². The molecule has 0 radical (unpaired) electrons. The lowest BCUT2D eigenvalue weighted by molar-refractivity contribution is -0.142. The number of Topliss-reactive ketones (excluding diaryl/α,β-unsaturated/α-hetero) is 1. The highest BCUT2D eigenvalue weighted by Gasteiger charge is 2.28. The molecule has 1 aliphatic heterocycles. The second-order valence-electron chi connectivity index (χ2n) is 8.68. The van der Waals surface area contributed by atoms with E-state index >= 15 is 0 Å². The number of amides is 1. The Morgan fingerprint density at radius 3 is 2.61 bits per heavy atom. The number of ketones is 1. The fraction of sp³-hybridized carbons (Fsp3) is 0.138. The minimum absolute atomic E-state index is 0.114. The number of hydrogen-bond acceptors (Lipinski definition) is 6. The monoisotopic (exact) mass is 512 g/mol. The van der Waals surface area contributed by atoms with Crippen LogP contribution in [0.2, 0.25) is 0 Å². The zero-order chi connectivity index (χ0) is 26.6. The van der Waals surface area contributed by atoms with Crippen molar-refractivity contribution >= 4 is 34.6 Å². The fourth-order valence-electron chi connectivity index (χ4n) is 4.21. The van der Waals surface area contributed by atoms with E-state index in [-0.39, 0.29) is 18.0 Å². The van der Waals surface area contributed by atoms with Gasteiger partial charge in [0.1, 0.15) is 23.3 Å². The highest BCUT2D eigenvalue weighted by molar-refractivity contribution is 6.14. The Labute approximate surface area is 217 Å². The van der Waals surface area contributed by atoms with Crippen molar-refractivity contribution in [2.75, 3.05) is 13.7 Å². The number of carboxylic acids is 1. The topological polar surface area (TPSA) is 127 Å². The molecule has 0 bridgehead atoms. The van der Waals surface area contributed by atoms with E-state index in [0.29, 0.717) is 22.8 Å². The molecule has 1 aromatic heterocycles. The second-order valence-corrected chi connectivity index (χ2v) is 8.68. The maximum atomic E-state index is 12.7. The van der Waals surface area contributed by atoms with Gasteiger partial charge in [-0.25, -0.2) is 4.79 Å². The van der Waals surface area contributed by atoms with Crippen molar-refractivity contribution in [3.8, 4) is 17.2 Å². The molecule has 5 rings (SSSR count). The maximum Gasteiger partial charge on any atom is 0.326 e. The van der Waals surface area contributed by atoms with Gasteiger partial charge in [0.05, 0.1) is 12.7 Å². The van der Waals surface area contributed by atoms with E-state index in [4.69, 9.17) is 14.2 Å². The lowest BCUT2D eigenvalue weighted by Gasteiger charge is -2.15. The number of hydrogen-bond donors (Lipinski definition) is 3. The maximum absolute atomic E-state index is 12.7. The van der Waals surface area contributed by atoms with Crippen LogP contribution < -0.4 is 19.5 Å². The summed E-state index contributed by atoms with van der Waals surface area (Å²) in [5.41, 5.74) is 2.83. The highest BCUT2D eigenvalue weighted by Crippen LogP contribution is 2.35. The van der Waals surface area contributed by atoms with Crippen molar-refractivity contribution in [1.82, 2.24) is 10.3 Å². The zero-order valence-corrected chi connectivity index (χ0v) is 20.4. The SMILES string of the molecule is COc1ccc(/C=C2\Oc3cc(OCC(=O)NC(Cc4c[nH]c5ccccc45)C(=O)O)ccc3C2=O)cc1. The van der Waals surface area contributed by atoms with Crippen LogP contribution in [0.5, 0.6) is 17.2 Å². The van der Waals surface area contributed by atoms with Gasteiger partial charge in [0.15, 0.2) is 12.4 Å². The Bertz CT molecular complexity index is 1550. The lowest BCUT2D eigenvalue weighted by Crippen LogP contribution is -2.44. The minimum atomic E-state index is -1.15. The largest absolute Gasteiger partial charge is 0.497 e. The minimum Gasteiger partial charge on any atom is -0.497 e. The summed E-state index contributed by atoms with van der Waals surface area (Å²) in [7, 11) is 1.58. The van der Waals surface area contributed by atoms with Gasteiger partial charge in [-0.1, -0.05) is 30.3 Å². The zero-order valence-electron chi connectivity index (χ0n) is 20.4. The van der Waals surface area contributed by atoms with Crippen molar-refractivity contribution < 1.29 is 33.7 Å². The van der Waals surface area contributed by atoms with Crippen molar-refractivity contribution in [3.63, 3.8) is 0 Å². The number of ether oxygens (including phenoxy) is 3. The van der Waals surface area contributed by atoms with Crippen LogP contribution in [0.4, 0.5) is 0 Å². The van der Waals surface area contributed by atoms with Crippen LogP contribution in [0.1, 0.15) is 21.5 Å². The molecular weight excluding hydrogens is 488 g/mol. The van der Waals surface area contributed by atoms with E-state index in [9.17, 15) is 19.5 Å². The Hall–Kier alpha value is -5.05. The number of benzene rings is 3. The van der Waals surface area contributed by atoms with E-state index in [1.165, 1.54) is 6.07 Å². The van der Waals surface area contributed by atoms with Crippen LogP contribution in [0, 0.1) is 0 Å². The van der Waals surface area contributed by atoms with Crippen molar-refractivity contribution in [3.05, 3.63) is 95.4 Å². The van der Waals surface area contributed by atoms with Gasteiger partial charge >= 0.3 is 5.97 Å². The van der Waals surface area contributed by atoms with Crippen LogP contribution in [-0.2, 0) is 16.0 Å². The molecule has 1 atom stereocenters. The standard InChI is InChI=1S/C29H24N2O7/c1-36-19-8-6-17(7-9-19)12-26-28(33)22-11-10-20(14-25(22)38-26)37-16-27(32)31-24(29(34)35)13-18-15-30-23-5-3-2-4-21(18)23/h2-12,14-15,24,30H,13,16H2,1H3,(H,31,32)(H,34,35)/b26-12-. The van der Waals surface area contributed by atoms with E-state index in [2.05, 4.69) is 10.3 Å². The summed E-state index contributed by atoms with van der Waals surface area (Å²) >= 11 is 0. The molecule has 3 aromatic carbocycles. The summed E-state index contributed by atoms with van der Waals surface area (Å²) in [5.74, 6) is -0.508. The predicted molar refractivity (Wildman–Crippen MR) is 139 cm³/mol. The van der Waals surface area contributed by atoms with Crippen molar-refractivity contribution in [2.45, 2.75) is 12.5 Å². The third-order valence-corrected chi connectivity index (χ3v) is 6.16. The molecule has 1 amide bonds. The third kappa shape index (κ3) is 5.22. The molecule has 1 unspecified atom stereocenters. The highest BCUT2D eigenvalue weighted by atomic mass is 16.5. The first-order valence-corrected chi connectivity index (χ1v) is 11.8. The van der Waals surface area contributed by atoms with Gasteiger partial charge in [-0.15, -0.1) is 0 Å². The number of nitrogens with one attached hydrogen (secondary N) is 2. The molecular formula is C29H24N2O7. The Morgan fingerprint density at radius 2 is 1.84 bits per heavy atom. The quantitative estimate of drug-likeness (QED) is 0.290. The number of rotatable bonds is 9. The van der Waals surface area contributed by atoms with Crippen LogP contribution in [0.25, 0.3) is 17.0 Å². The molecule has 0 fully saturated rings. The van der Waals surface area contributed by atoms with Gasteiger partial charge in [-0.2, -0.15) is 0 Å². The van der Waals surface area contributed by atoms with Gasteiger partial charge in [-0.3, -0.25) is 9.59 Å². The number of aromatic amines is 1. The summed E-state index contributed by atoms with van der Waals surface area (Å²) in [4.78, 5) is 40.1. The first-order valence-electron chi connectivity index (χ1n) is 11.8. The van der Waals surface area contributed by atoms with Crippen LogP contribution in [0.3, 0.4) is 0 Å². The number of aromatic nitrogens is 1. The van der Waals surface area contributed by atoms with Crippen molar-refractivity contribution in [2.24, 2.45) is 0 Å². The van der Waals surface area contributed by atoms with Gasteiger partial charge in [0.2, 0.25) is 5.78 Å². The molecule has 0 saturated heterocycles. The van der Waals surface area contributed by atoms with Crippen LogP contribution in [0.15, 0.2) is 78.7 Å². The molecule has 3 N–H and O–H groups in total. The average Bonchev–Trinajstić information content (AvgIpc) is 3.47. The number of carbonyl (C=O) groups excluding carboxylic acids is 2. The van der Waals surface area contributed by atoms with E-state index in [1.54, 1.807) is 43.6 Å². The normalized spacial score (nSPS) is 14.1. The van der Waals surface area contributed by atoms with E-state index < -0.39 is 24.5 Å². The number of carbonyl (C=O) groups is 3. The molecule has 0 saturated carbocycles. The summed E-state index contributed by atoms with van der Waals surface area (Å²) in [6.45, 7) is -0.404. The number of aliphatic carboxylic acids is 1. The number of carboxylic acid groups (broad SMARTS) is 1. The Kier molecular flexibility index (Phi) is 6.82. The number of para-hydroxylation sites is 1. The molecule has 9 heteroatoms. The first-order chi connectivity index (χ1) is 18.4. The molecule has 2 heterocycles. The summed E-state index contributed by atoms with van der Waals surface area (Å²) < 4.78 is 16.4. The summed E-state index contributed by atoms with van der Waals surface area (Å²) in [6.07, 6.45) is 3.49. The summed E-state index contributed by atoms with van der Waals surface area (Å²) in [6, 6.07) is 18.2. The second kappa shape index (κ2) is 10.5. The van der Waals surface area contributed by atoms with Crippen LogP contribution >= 0.6 is 0 Å². The lowest BCUT2D eigenvalue weighted by atomic mass is 10.1.